The second-order valence-corrected chi connectivity index (χ2v) is 6.94. The summed E-state index contributed by atoms with van der Waals surface area (Å²) in [4.78, 5) is 9.40. The zero-order valence-corrected chi connectivity index (χ0v) is 18.3. The molecule has 0 amide bonds. The van der Waals surface area contributed by atoms with Crippen LogP contribution in [0.5, 0.6) is 0 Å². The van der Waals surface area contributed by atoms with Gasteiger partial charge in [0.05, 0.1) is 0 Å². The standard InChI is InChI=1S/C18H38N4.HI/c1-6-21(7-2)12-9-8-11-20-18(19-5)22-13-10-17(15-22)14-16(3)4;/h16-17H,6-15H2,1-5H3,(H,19,20);1H. The van der Waals surface area contributed by atoms with Gasteiger partial charge in [-0.15, -0.1) is 24.0 Å². The van der Waals surface area contributed by atoms with E-state index in [1.165, 1.54) is 38.8 Å². The zero-order valence-electron chi connectivity index (χ0n) is 16.0. The molecule has 1 aliphatic heterocycles. The summed E-state index contributed by atoms with van der Waals surface area (Å²) in [6.07, 6.45) is 5.15. The molecule has 0 aliphatic carbocycles. The van der Waals surface area contributed by atoms with E-state index in [4.69, 9.17) is 0 Å². The first-order chi connectivity index (χ1) is 10.6. The fourth-order valence-electron chi connectivity index (χ4n) is 3.42. The van der Waals surface area contributed by atoms with E-state index in [0.717, 1.165) is 44.0 Å². The maximum atomic E-state index is 4.47. The molecule has 1 saturated heterocycles. The first-order valence-electron chi connectivity index (χ1n) is 9.28. The molecule has 23 heavy (non-hydrogen) atoms. The lowest BCUT2D eigenvalue weighted by atomic mass is 9.97. The van der Waals surface area contributed by atoms with E-state index in [2.05, 4.69) is 47.8 Å². The fraction of sp³-hybridized carbons (Fsp3) is 0.944. The molecule has 1 unspecified atom stereocenters. The molecule has 0 saturated carbocycles. The number of aliphatic imine (C=N–C) groups is 1. The van der Waals surface area contributed by atoms with Crippen LogP contribution < -0.4 is 5.32 Å². The van der Waals surface area contributed by atoms with Gasteiger partial charge in [-0.25, -0.2) is 0 Å². The zero-order chi connectivity index (χ0) is 16.4. The summed E-state index contributed by atoms with van der Waals surface area (Å²) in [7, 11) is 1.91. The van der Waals surface area contributed by atoms with Gasteiger partial charge in [0.2, 0.25) is 0 Å². The highest BCUT2D eigenvalue weighted by Gasteiger charge is 2.25. The molecular formula is C18H39IN4. The smallest absolute Gasteiger partial charge is 0.193 e. The van der Waals surface area contributed by atoms with Crippen molar-refractivity contribution in [2.45, 2.75) is 53.4 Å². The molecule has 0 spiro atoms. The average Bonchev–Trinajstić information content (AvgIpc) is 2.94. The molecule has 1 fully saturated rings. The van der Waals surface area contributed by atoms with Crippen LogP contribution in [0.4, 0.5) is 0 Å². The average molecular weight is 438 g/mol. The van der Waals surface area contributed by atoms with E-state index in [1.54, 1.807) is 0 Å². The number of hydrogen-bond acceptors (Lipinski definition) is 2. The van der Waals surface area contributed by atoms with E-state index < -0.39 is 0 Å². The molecular weight excluding hydrogens is 399 g/mol. The van der Waals surface area contributed by atoms with Gasteiger partial charge < -0.3 is 15.1 Å². The van der Waals surface area contributed by atoms with Crippen molar-refractivity contribution in [3.05, 3.63) is 0 Å². The number of unbranched alkanes of at least 4 members (excludes halogenated alkanes) is 1. The third-order valence-corrected chi connectivity index (χ3v) is 4.68. The molecule has 0 aromatic rings. The van der Waals surface area contributed by atoms with Crippen molar-refractivity contribution in [3.63, 3.8) is 0 Å². The lowest BCUT2D eigenvalue weighted by molar-refractivity contribution is 0.297. The highest BCUT2D eigenvalue weighted by atomic mass is 127. The van der Waals surface area contributed by atoms with E-state index >= 15 is 0 Å². The predicted octanol–water partition coefficient (Wildman–Crippen LogP) is 3.67. The minimum atomic E-state index is 0. The van der Waals surface area contributed by atoms with Crippen LogP contribution >= 0.6 is 24.0 Å². The Morgan fingerprint density at radius 1 is 1.26 bits per heavy atom. The molecule has 1 rings (SSSR count). The van der Waals surface area contributed by atoms with Crippen LogP contribution in [0.1, 0.15) is 53.4 Å². The van der Waals surface area contributed by atoms with Crippen molar-refractivity contribution in [2.75, 3.05) is 46.3 Å². The molecule has 4 nitrogen and oxygen atoms in total. The van der Waals surface area contributed by atoms with E-state index in [9.17, 15) is 0 Å². The molecule has 138 valence electrons. The highest BCUT2D eigenvalue weighted by molar-refractivity contribution is 14.0. The van der Waals surface area contributed by atoms with Crippen LogP contribution in [-0.2, 0) is 0 Å². The van der Waals surface area contributed by atoms with Gasteiger partial charge in [-0.05, 0) is 57.2 Å². The topological polar surface area (TPSA) is 30.9 Å². The quantitative estimate of drug-likeness (QED) is 0.258. The Bertz CT molecular complexity index is 316. The van der Waals surface area contributed by atoms with Gasteiger partial charge >= 0.3 is 0 Å². The third kappa shape index (κ3) is 9.13. The fourth-order valence-corrected chi connectivity index (χ4v) is 3.42. The van der Waals surface area contributed by atoms with Gasteiger partial charge in [-0.1, -0.05) is 27.7 Å². The van der Waals surface area contributed by atoms with Crippen LogP contribution in [0.3, 0.4) is 0 Å². The number of hydrogen-bond donors (Lipinski definition) is 1. The summed E-state index contributed by atoms with van der Waals surface area (Å²) in [5.41, 5.74) is 0. The van der Waals surface area contributed by atoms with Crippen molar-refractivity contribution in [2.24, 2.45) is 16.8 Å². The van der Waals surface area contributed by atoms with Crippen molar-refractivity contribution in [3.8, 4) is 0 Å². The highest BCUT2D eigenvalue weighted by Crippen LogP contribution is 2.23. The minimum absolute atomic E-state index is 0. The lowest BCUT2D eigenvalue weighted by Gasteiger charge is -2.22. The van der Waals surface area contributed by atoms with Gasteiger partial charge in [-0.3, -0.25) is 4.99 Å². The summed E-state index contributed by atoms with van der Waals surface area (Å²) in [6.45, 7) is 16.1. The van der Waals surface area contributed by atoms with Gasteiger partial charge in [0.15, 0.2) is 5.96 Å². The molecule has 1 aliphatic rings. The monoisotopic (exact) mass is 438 g/mol. The third-order valence-electron chi connectivity index (χ3n) is 4.68. The summed E-state index contributed by atoms with van der Waals surface area (Å²) >= 11 is 0. The van der Waals surface area contributed by atoms with Gasteiger partial charge in [0.25, 0.3) is 0 Å². The minimum Gasteiger partial charge on any atom is -0.356 e. The van der Waals surface area contributed by atoms with Gasteiger partial charge in [-0.2, -0.15) is 0 Å². The number of halogens is 1. The molecule has 5 heteroatoms. The van der Waals surface area contributed by atoms with Crippen molar-refractivity contribution < 1.29 is 0 Å². The van der Waals surface area contributed by atoms with Crippen LogP contribution in [0.2, 0.25) is 0 Å². The first kappa shape index (κ1) is 23.0. The Morgan fingerprint density at radius 2 is 1.96 bits per heavy atom. The number of guanidine groups is 1. The Hall–Kier alpha value is -0.0400. The lowest BCUT2D eigenvalue weighted by Crippen LogP contribution is -2.40. The summed E-state index contributed by atoms with van der Waals surface area (Å²) in [6, 6.07) is 0. The Balaban J connectivity index is 0.00000484. The first-order valence-corrected chi connectivity index (χ1v) is 9.28. The molecule has 0 aromatic carbocycles. The molecule has 0 aromatic heterocycles. The molecule has 1 atom stereocenters. The Morgan fingerprint density at radius 3 is 2.52 bits per heavy atom. The maximum absolute atomic E-state index is 4.47. The summed E-state index contributed by atoms with van der Waals surface area (Å²) in [5.74, 6) is 2.76. The number of nitrogens with one attached hydrogen (secondary N) is 1. The molecule has 0 bridgehead atoms. The van der Waals surface area contributed by atoms with Crippen LogP contribution in [-0.4, -0.2) is 62.1 Å². The van der Waals surface area contributed by atoms with Crippen LogP contribution in [0.15, 0.2) is 4.99 Å². The summed E-state index contributed by atoms with van der Waals surface area (Å²) < 4.78 is 0. The van der Waals surface area contributed by atoms with Crippen LogP contribution in [0.25, 0.3) is 0 Å². The Kier molecular flexibility index (Phi) is 13.3. The Labute approximate surface area is 161 Å². The molecule has 1 N–H and O–H groups in total. The number of rotatable bonds is 9. The number of likely N-dealkylation sites (tertiary alicyclic amines) is 1. The molecule has 1 heterocycles. The normalized spacial score (nSPS) is 18.7. The SMILES string of the molecule is CCN(CC)CCCCNC(=NC)N1CCC(CC(C)C)C1.I. The second-order valence-electron chi connectivity index (χ2n) is 6.94. The van der Waals surface area contributed by atoms with Gasteiger partial charge in [0, 0.05) is 26.7 Å². The van der Waals surface area contributed by atoms with Crippen molar-refractivity contribution in [1.82, 2.24) is 15.1 Å². The summed E-state index contributed by atoms with van der Waals surface area (Å²) in [5, 5.41) is 3.55. The van der Waals surface area contributed by atoms with E-state index in [0.29, 0.717) is 0 Å². The molecule has 0 radical (unpaired) electrons. The number of nitrogens with zero attached hydrogens (tertiary/aromatic N) is 3. The largest absolute Gasteiger partial charge is 0.356 e. The van der Waals surface area contributed by atoms with Gasteiger partial charge in [0.1, 0.15) is 0 Å². The van der Waals surface area contributed by atoms with Crippen LogP contribution in [0, 0.1) is 11.8 Å². The predicted molar refractivity (Wildman–Crippen MR) is 113 cm³/mol. The van der Waals surface area contributed by atoms with E-state index in [-0.39, 0.29) is 24.0 Å². The van der Waals surface area contributed by atoms with Crippen molar-refractivity contribution in [1.29, 1.82) is 0 Å². The van der Waals surface area contributed by atoms with E-state index in [1.807, 2.05) is 7.05 Å². The maximum Gasteiger partial charge on any atom is 0.193 e. The van der Waals surface area contributed by atoms with Crippen molar-refractivity contribution >= 4 is 29.9 Å². The second kappa shape index (κ2) is 13.3.